The van der Waals surface area contributed by atoms with Gasteiger partial charge >= 0.3 is 5.97 Å². The number of fused-ring (bicyclic) bond motifs is 3. The number of ether oxygens (including phenoxy) is 2. The highest BCUT2D eigenvalue weighted by molar-refractivity contribution is 9.10. The highest BCUT2D eigenvalue weighted by Crippen LogP contribution is 2.40. The molecule has 0 radical (unpaired) electrons. The zero-order chi connectivity index (χ0) is 18.1. The van der Waals surface area contributed by atoms with Crippen molar-refractivity contribution >= 4 is 21.9 Å². The molecule has 0 fully saturated rings. The van der Waals surface area contributed by atoms with Crippen molar-refractivity contribution in [3.63, 3.8) is 0 Å². The normalized spacial score (nSPS) is 12.7. The van der Waals surface area contributed by atoms with Crippen molar-refractivity contribution in [1.82, 2.24) is 9.78 Å². The van der Waals surface area contributed by atoms with Crippen LogP contribution >= 0.6 is 15.9 Å². The number of hydrogen-bond acceptors (Lipinski definition) is 4. The minimum Gasteiger partial charge on any atom is -0.496 e. The number of rotatable bonds is 5. The van der Waals surface area contributed by atoms with Gasteiger partial charge in [0, 0.05) is 17.7 Å². The second-order valence-corrected chi connectivity index (χ2v) is 7.47. The van der Waals surface area contributed by atoms with E-state index in [2.05, 4.69) is 47.0 Å². The van der Waals surface area contributed by atoms with Crippen LogP contribution in [0.2, 0.25) is 0 Å². The summed E-state index contributed by atoms with van der Waals surface area (Å²) in [4.78, 5) is 12.4. The number of methoxy groups -OCH3 is 1. The van der Waals surface area contributed by atoms with E-state index in [0.717, 1.165) is 46.4 Å². The first-order valence-corrected chi connectivity index (χ1v) is 9.39. The second kappa shape index (κ2) is 7.20. The van der Waals surface area contributed by atoms with Crippen molar-refractivity contribution in [2.75, 3.05) is 13.7 Å². The SMILES string of the molecule is CCOC(=O)c1nn(CC(C)C)c2c1CCc1cc(OC)c(Br)cc1-2. The third kappa shape index (κ3) is 3.32. The Labute approximate surface area is 156 Å². The molecular formula is C19H23BrN2O3. The number of nitrogens with zero attached hydrogens (tertiary/aromatic N) is 2. The van der Waals surface area contributed by atoms with Gasteiger partial charge in [-0.05, 0) is 59.3 Å². The first-order valence-electron chi connectivity index (χ1n) is 8.59. The van der Waals surface area contributed by atoms with Crippen LogP contribution in [0.3, 0.4) is 0 Å². The van der Waals surface area contributed by atoms with Gasteiger partial charge in [-0.3, -0.25) is 4.68 Å². The number of hydrogen-bond donors (Lipinski definition) is 0. The van der Waals surface area contributed by atoms with E-state index < -0.39 is 0 Å². The molecule has 25 heavy (non-hydrogen) atoms. The molecule has 0 saturated heterocycles. The van der Waals surface area contributed by atoms with E-state index in [4.69, 9.17) is 9.47 Å². The highest BCUT2D eigenvalue weighted by Gasteiger charge is 2.30. The van der Waals surface area contributed by atoms with E-state index in [1.165, 1.54) is 5.56 Å². The molecular weight excluding hydrogens is 384 g/mol. The Morgan fingerprint density at radius 1 is 1.36 bits per heavy atom. The molecule has 0 saturated carbocycles. The fraction of sp³-hybridized carbons (Fsp3) is 0.474. The lowest BCUT2D eigenvalue weighted by molar-refractivity contribution is 0.0517. The van der Waals surface area contributed by atoms with Gasteiger partial charge in [-0.15, -0.1) is 0 Å². The molecule has 1 aliphatic carbocycles. The third-order valence-electron chi connectivity index (χ3n) is 4.33. The molecule has 1 aromatic carbocycles. The van der Waals surface area contributed by atoms with Gasteiger partial charge in [0.1, 0.15) is 5.75 Å². The minimum atomic E-state index is -0.336. The lowest BCUT2D eigenvalue weighted by atomic mass is 9.88. The maximum absolute atomic E-state index is 12.4. The number of esters is 1. The van der Waals surface area contributed by atoms with E-state index in [9.17, 15) is 4.79 Å². The smallest absolute Gasteiger partial charge is 0.359 e. The van der Waals surface area contributed by atoms with Crippen LogP contribution in [0.25, 0.3) is 11.3 Å². The molecule has 0 N–H and O–H groups in total. The molecule has 0 atom stereocenters. The zero-order valence-corrected chi connectivity index (χ0v) is 16.6. The highest BCUT2D eigenvalue weighted by atomic mass is 79.9. The molecule has 6 heteroatoms. The van der Waals surface area contributed by atoms with E-state index in [1.807, 2.05) is 11.6 Å². The summed E-state index contributed by atoms with van der Waals surface area (Å²) in [5.41, 5.74) is 4.80. The Morgan fingerprint density at radius 3 is 2.76 bits per heavy atom. The van der Waals surface area contributed by atoms with Crippen LogP contribution in [-0.4, -0.2) is 29.5 Å². The van der Waals surface area contributed by atoms with Gasteiger partial charge in [-0.25, -0.2) is 4.79 Å². The molecule has 1 heterocycles. The lowest BCUT2D eigenvalue weighted by Crippen LogP contribution is -2.11. The fourth-order valence-electron chi connectivity index (χ4n) is 3.32. The number of aromatic nitrogens is 2. The van der Waals surface area contributed by atoms with Gasteiger partial charge in [0.15, 0.2) is 5.69 Å². The molecule has 134 valence electrons. The molecule has 0 spiro atoms. The van der Waals surface area contributed by atoms with Crippen LogP contribution in [0, 0.1) is 5.92 Å². The summed E-state index contributed by atoms with van der Waals surface area (Å²) in [6, 6.07) is 4.14. The maximum Gasteiger partial charge on any atom is 0.359 e. The summed E-state index contributed by atoms with van der Waals surface area (Å²) < 4.78 is 13.5. The van der Waals surface area contributed by atoms with Gasteiger partial charge < -0.3 is 9.47 Å². The van der Waals surface area contributed by atoms with E-state index in [0.29, 0.717) is 18.2 Å². The summed E-state index contributed by atoms with van der Waals surface area (Å²) >= 11 is 3.58. The van der Waals surface area contributed by atoms with Crippen molar-refractivity contribution in [2.24, 2.45) is 5.92 Å². The molecule has 1 aromatic heterocycles. The minimum absolute atomic E-state index is 0.336. The van der Waals surface area contributed by atoms with Crippen molar-refractivity contribution in [3.8, 4) is 17.0 Å². The number of aryl methyl sites for hydroxylation is 1. The summed E-state index contributed by atoms with van der Waals surface area (Å²) in [5.74, 6) is 0.908. The van der Waals surface area contributed by atoms with Gasteiger partial charge in [-0.1, -0.05) is 13.8 Å². The number of carbonyl (C=O) groups is 1. The first-order chi connectivity index (χ1) is 12.0. The van der Waals surface area contributed by atoms with Crippen molar-refractivity contribution in [1.29, 1.82) is 0 Å². The molecule has 1 aliphatic rings. The average Bonchev–Trinajstić information content (AvgIpc) is 2.93. The van der Waals surface area contributed by atoms with Crippen LogP contribution in [-0.2, 0) is 24.1 Å². The van der Waals surface area contributed by atoms with Crippen LogP contribution in [0.5, 0.6) is 5.75 Å². The maximum atomic E-state index is 12.4. The predicted molar refractivity (Wildman–Crippen MR) is 100 cm³/mol. The Kier molecular flexibility index (Phi) is 5.18. The quantitative estimate of drug-likeness (QED) is 0.696. The summed E-state index contributed by atoms with van der Waals surface area (Å²) in [6.45, 7) is 7.21. The molecule has 3 rings (SSSR count). The largest absolute Gasteiger partial charge is 0.496 e. The molecule has 0 unspecified atom stereocenters. The Balaban J connectivity index is 2.18. The fourth-order valence-corrected chi connectivity index (χ4v) is 3.82. The predicted octanol–water partition coefficient (Wildman–Crippen LogP) is 4.25. The summed E-state index contributed by atoms with van der Waals surface area (Å²) in [5, 5.41) is 4.62. The number of benzene rings is 1. The van der Waals surface area contributed by atoms with E-state index in [1.54, 1.807) is 7.11 Å². The standard InChI is InChI=1S/C19H23BrN2O3/c1-5-25-19(23)17-13-7-6-12-8-16(24-4)15(20)9-14(12)18(13)22(21-17)10-11(2)3/h8-9,11H,5-7,10H2,1-4H3. The number of halogens is 1. The Morgan fingerprint density at radius 2 is 2.12 bits per heavy atom. The van der Waals surface area contributed by atoms with Gasteiger partial charge in [0.25, 0.3) is 0 Å². The van der Waals surface area contributed by atoms with Crippen molar-refractivity contribution in [3.05, 3.63) is 33.4 Å². The molecule has 0 aliphatic heterocycles. The molecule has 5 nitrogen and oxygen atoms in total. The summed E-state index contributed by atoms with van der Waals surface area (Å²) in [6.07, 6.45) is 1.63. The third-order valence-corrected chi connectivity index (χ3v) is 4.95. The Bertz CT molecular complexity index is 811. The van der Waals surface area contributed by atoms with Crippen molar-refractivity contribution in [2.45, 2.75) is 40.2 Å². The Hall–Kier alpha value is -1.82. The first kappa shape index (κ1) is 18.0. The topological polar surface area (TPSA) is 53.3 Å². The zero-order valence-electron chi connectivity index (χ0n) is 15.1. The van der Waals surface area contributed by atoms with Gasteiger partial charge in [0.2, 0.25) is 0 Å². The van der Waals surface area contributed by atoms with E-state index >= 15 is 0 Å². The number of carbonyl (C=O) groups excluding carboxylic acids is 1. The van der Waals surface area contributed by atoms with Gasteiger partial charge in [-0.2, -0.15) is 5.10 Å². The van der Waals surface area contributed by atoms with Crippen LogP contribution in [0.1, 0.15) is 42.4 Å². The second-order valence-electron chi connectivity index (χ2n) is 6.62. The monoisotopic (exact) mass is 406 g/mol. The average molecular weight is 407 g/mol. The van der Waals surface area contributed by atoms with E-state index in [-0.39, 0.29) is 5.97 Å². The van der Waals surface area contributed by atoms with Crippen LogP contribution in [0.4, 0.5) is 0 Å². The summed E-state index contributed by atoms with van der Waals surface area (Å²) in [7, 11) is 1.67. The molecule has 0 bridgehead atoms. The van der Waals surface area contributed by atoms with Crippen LogP contribution < -0.4 is 4.74 Å². The van der Waals surface area contributed by atoms with Crippen LogP contribution in [0.15, 0.2) is 16.6 Å². The molecule has 0 amide bonds. The van der Waals surface area contributed by atoms with Crippen molar-refractivity contribution < 1.29 is 14.3 Å². The van der Waals surface area contributed by atoms with Gasteiger partial charge in [0.05, 0.1) is 23.9 Å². The lowest BCUT2D eigenvalue weighted by Gasteiger charge is -2.21. The molecule has 2 aromatic rings.